The van der Waals surface area contributed by atoms with Crippen molar-refractivity contribution in [1.82, 2.24) is 24.6 Å². The first-order chi connectivity index (χ1) is 13.7. The fourth-order valence-corrected chi connectivity index (χ4v) is 3.59. The van der Waals surface area contributed by atoms with Crippen molar-refractivity contribution in [2.75, 3.05) is 37.6 Å². The summed E-state index contributed by atoms with van der Waals surface area (Å²) in [5.74, 6) is 1.72. The summed E-state index contributed by atoms with van der Waals surface area (Å²) in [5.41, 5.74) is 1.58. The summed E-state index contributed by atoms with van der Waals surface area (Å²) in [6.45, 7) is 7.95. The van der Waals surface area contributed by atoms with E-state index in [0.29, 0.717) is 11.4 Å². The highest BCUT2D eigenvalue weighted by atomic mass is 16.3. The molecule has 0 unspecified atom stereocenters. The van der Waals surface area contributed by atoms with Gasteiger partial charge in [0.05, 0.1) is 5.56 Å². The van der Waals surface area contributed by atoms with Crippen molar-refractivity contribution in [3.8, 4) is 17.1 Å². The molecule has 2 aromatic heterocycles. The molecule has 7 nitrogen and oxygen atoms in total. The molecular formula is C21H26N6O. The minimum absolute atomic E-state index is 0.209. The molecule has 1 saturated heterocycles. The predicted octanol–water partition coefficient (Wildman–Crippen LogP) is 2.57. The molecule has 0 amide bonds. The van der Waals surface area contributed by atoms with Crippen LogP contribution in [0.2, 0.25) is 0 Å². The van der Waals surface area contributed by atoms with Crippen LogP contribution in [0.4, 0.5) is 5.82 Å². The van der Waals surface area contributed by atoms with Gasteiger partial charge < -0.3 is 10.0 Å². The van der Waals surface area contributed by atoms with Crippen LogP contribution in [-0.2, 0) is 6.54 Å². The van der Waals surface area contributed by atoms with Gasteiger partial charge in [-0.2, -0.15) is 5.10 Å². The van der Waals surface area contributed by atoms with Crippen LogP contribution in [0.15, 0.2) is 48.8 Å². The lowest BCUT2D eigenvalue weighted by Crippen LogP contribution is -2.47. The molecule has 1 fully saturated rings. The molecule has 146 valence electrons. The molecule has 3 aromatic rings. The first-order valence-corrected chi connectivity index (χ1v) is 9.78. The second-order valence-corrected chi connectivity index (χ2v) is 7.16. The maximum atomic E-state index is 10.1. The Balaban J connectivity index is 1.37. The lowest BCUT2D eigenvalue weighted by molar-refractivity contribution is 0.248. The van der Waals surface area contributed by atoms with E-state index in [1.165, 1.54) is 0 Å². The van der Waals surface area contributed by atoms with Gasteiger partial charge in [0.1, 0.15) is 11.6 Å². The highest BCUT2D eigenvalue weighted by Gasteiger charge is 2.19. The quantitative estimate of drug-likeness (QED) is 0.711. The first-order valence-electron chi connectivity index (χ1n) is 9.78. The molecule has 1 aliphatic heterocycles. The minimum atomic E-state index is 0.209. The molecule has 3 heterocycles. The highest BCUT2D eigenvalue weighted by Crippen LogP contribution is 2.27. The van der Waals surface area contributed by atoms with Gasteiger partial charge in [-0.25, -0.2) is 9.97 Å². The summed E-state index contributed by atoms with van der Waals surface area (Å²) in [4.78, 5) is 14.1. The monoisotopic (exact) mass is 378 g/mol. The molecule has 0 bridgehead atoms. The van der Waals surface area contributed by atoms with Crippen LogP contribution >= 0.6 is 0 Å². The summed E-state index contributed by atoms with van der Waals surface area (Å²) < 4.78 is 1.99. The molecule has 1 aliphatic rings. The molecule has 0 saturated carbocycles. The topological polar surface area (TPSA) is 70.3 Å². The Morgan fingerprint density at radius 3 is 2.57 bits per heavy atom. The Kier molecular flexibility index (Phi) is 5.53. The standard InChI is InChI=1S/C21H26N6O/c1-17-16-20(24-21(23-17)18-6-2-3-7-19(18)28)26-14-12-25(13-15-26)9-5-11-27-10-4-8-22-27/h2-4,6-8,10,16,28H,5,9,11-15H2,1H3. The summed E-state index contributed by atoms with van der Waals surface area (Å²) >= 11 is 0. The van der Waals surface area contributed by atoms with E-state index in [-0.39, 0.29) is 5.75 Å². The van der Waals surface area contributed by atoms with E-state index in [2.05, 4.69) is 19.9 Å². The Morgan fingerprint density at radius 2 is 1.82 bits per heavy atom. The third kappa shape index (κ3) is 4.31. The van der Waals surface area contributed by atoms with Gasteiger partial charge in [0.15, 0.2) is 5.82 Å². The molecule has 0 radical (unpaired) electrons. The Labute approximate surface area is 165 Å². The van der Waals surface area contributed by atoms with E-state index in [1.807, 2.05) is 48.3 Å². The van der Waals surface area contributed by atoms with E-state index >= 15 is 0 Å². The normalized spacial score (nSPS) is 15.1. The van der Waals surface area contributed by atoms with Gasteiger partial charge in [-0.3, -0.25) is 9.58 Å². The number of aromatic hydroxyl groups is 1. The number of hydrogen-bond acceptors (Lipinski definition) is 6. The third-order valence-corrected chi connectivity index (χ3v) is 5.10. The van der Waals surface area contributed by atoms with Crippen molar-refractivity contribution < 1.29 is 5.11 Å². The Morgan fingerprint density at radius 1 is 1.00 bits per heavy atom. The van der Waals surface area contributed by atoms with Crippen molar-refractivity contribution in [3.63, 3.8) is 0 Å². The highest BCUT2D eigenvalue weighted by molar-refractivity contribution is 5.65. The van der Waals surface area contributed by atoms with Crippen molar-refractivity contribution in [2.24, 2.45) is 0 Å². The maximum Gasteiger partial charge on any atom is 0.165 e. The number of hydrogen-bond donors (Lipinski definition) is 1. The number of para-hydroxylation sites is 1. The summed E-state index contributed by atoms with van der Waals surface area (Å²) in [6.07, 6.45) is 4.94. The van der Waals surface area contributed by atoms with Crippen LogP contribution in [0.5, 0.6) is 5.75 Å². The zero-order valence-corrected chi connectivity index (χ0v) is 16.2. The summed E-state index contributed by atoms with van der Waals surface area (Å²) in [5, 5.41) is 14.4. The van der Waals surface area contributed by atoms with E-state index in [1.54, 1.807) is 12.1 Å². The van der Waals surface area contributed by atoms with Crippen LogP contribution < -0.4 is 4.90 Å². The number of rotatable bonds is 6. The van der Waals surface area contributed by atoms with Gasteiger partial charge in [-0.15, -0.1) is 0 Å². The van der Waals surface area contributed by atoms with Crippen LogP contribution in [-0.4, -0.2) is 62.5 Å². The number of piperazine rings is 1. The molecule has 0 atom stereocenters. The van der Waals surface area contributed by atoms with Crippen LogP contribution in [0.1, 0.15) is 12.1 Å². The zero-order valence-electron chi connectivity index (χ0n) is 16.2. The SMILES string of the molecule is Cc1cc(N2CCN(CCCn3cccn3)CC2)nc(-c2ccccc2O)n1. The number of phenolic OH excluding ortho intramolecular Hbond substituents is 1. The number of nitrogens with zero attached hydrogens (tertiary/aromatic N) is 6. The number of benzene rings is 1. The fraction of sp³-hybridized carbons (Fsp3) is 0.381. The van der Waals surface area contributed by atoms with E-state index in [0.717, 1.165) is 57.2 Å². The lowest BCUT2D eigenvalue weighted by atomic mass is 10.2. The maximum absolute atomic E-state index is 10.1. The predicted molar refractivity (Wildman–Crippen MR) is 109 cm³/mol. The Bertz CT molecular complexity index is 903. The van der Waals surface area contributed by atoms with Gasteiger partial charge in [0.2, 0.25) is 0 Å². The van der Waals surface area contributed by atoms with Gasteiger partial charge in [0, 0.05) is 63.4 Å². The molecular weight excluding hydrogens is 352 g/mol. The summed E-state index contributed by atoms with van der Waals surface area (Å²) in [7, 11) is 0. The smallest absolute Gasteiger partial charge is 0.165 e. The average Bonchev–Trinajstić information content (AvgIpc) is 3.22. The van der Waals surface area contributed by atoms with Gasteiger partial charge in [-0.1, -0.05) is 12.1 Å². The van der Waals surface area contributed by atoms with Crippen molar-refractivity contribution in [1.29, 1.82) is 0 Å². The van der Waals surface area contributed by atoms with Crippen LogP contribution in [0, 0.1) is 6.92 Å². The number of aryl methyl sites for hydroxylation is 2. The van der Waals surface area contributed by atoms with E-state index in [9.17, 15) is 5.11 Å². The van der Waals surface area contributed by atoms with Crippen LogP contribution in [0.3, 0.4) is 0 Å². The molecule has 28 heavy (non-hydrogen) atoms. The van der Waals surface area contributed by atoms with Gasteiger partial charge >= 0.3 is 0 Å². The largest absolute Gasteiger partial charge is 0.507 e. The molecule has 0 spiro atoms. The average molecular weight is 378 g/mol. The Hall–Kier alpha value is -2.93. The molecule has 1 N–H and O–H groups in total. The minimum Gasteiger partial charge on any atom is -0.507 e. The van der Waals surface area contributed by atoms with Crippen LogP contribution in [0.25, 0.3) is 11.4 Å². The number of phenols is 1. The van der Waals surface area contributed by atoms with Crippen molar-refractivity contribution >= 4 is 5.82 Å². The second kappa shape index (κ2) is 8.39. The number of anilines is 1. The van der Waals surface area contributed by atoms with Crippen molar-refractivity contribution in [2.45, 2.75) is 19.9 Å². The third-order valence-electron chi connectivity index (χ3n) is 5.10. The lowest BCUT2D eigenvalue weighted by Gasteiger charge is -2.35. The molecule has 7 heteroatoms. The molecule has 1 aromatic carbocycles. The van der Waals surface area contributed by atoms with E-state index < -0.39 is 0 Å². The molecule has 4 rings (SSSR count). The first kappa shape index (κ1) is 18.4. The van der Waals surface area contributed by atoms with Gasteiger partial charge in [-0.05, 0) is 31.5 Å². The molecule has 0 aliphatic carbocycles. The fourth-order valence-electron chi connectivity index (χ4n) is 3.59. The number of aromatic nitrogens is 4. The van der Waals surface area contributed by atoms with Gasteiger partial charge in [0.25, 0.3) is 0 Å². The van der Waals surface area contributed by atoms with Crippen molar-refractivity contribution in [3.05, 3.63) is 54.5 Å². The zero-order chi connectivity index (χ0) is 19.3. The van der Waals surface area contributed by atoms with E-state index in [4.69, 9.17) is 4.98 Å². The summed E-state index contributed by atoms with van der Waals surface area (Å²) in [6, 6.07) is 11.2. The second-order valence-electron chi connectivity index (χ2n) is 7.16.